The van der Waals surface area contributed by atoms with E-state index in [-0.39, 0.29) is 24.9 Å². The van der Waals surface area contributed by atoms with Crippen LogP contribution in [0.3, 0.4) is 0 Å². The normalized spacial score (nSPS) is 12.2. The molecule has 33 heavy (non-hydrogen) atoms. The minimum atomic E-state index is -3.46. The van der Waals surface area contributed by atoms with Crippen LogP contribution in [0.15, 0.2) is 72.8 Å². The van der Waals surface area contributed by atoms with Crippen molar-refractivity contribution in [1.82, 2.24) is 5.32 Å². The maximum absolute atomic E-state index is 12.9. The van der Waals surface area contributed by atoms with Crippen molar-refractivity contribution in [2.75, 3.05) is 17.1 Å². The van der Waals surface area contributed by atoms with E-state index in [1.165, 1.54) is 10.6 Å². The largest absolute Gasteiger partial charge is 0.345 e. The monoisotopic (exact) mass is 464 g/mol. The molecule has 3 rings (SSSR count). The molecule has 0 aliphatic rings. The number of carbonyl (C=O) groups excluding carboxylic acids is 1. The van der Waals surface area contributed by atoms with Gasteiger partial charge in [0, 0.05) is 13.0 Å². The molecule has 0 spiro atoms. The van der Waals surface area contributed by atoms with E-state index in [2.05, 4.69) is 5.32 Å². The quantitative estimate of drug-likeness (QED) is 0.481. The molecule has 174 valence electrons. The molecule has 0 aliphatic carbocycles. The van der Waals surface area contributed by atoms with Crippen molar-refractivity contribution in [3.63, 3.8) is 0 Å². The minimum Gasteiger partial charge on any atom is -0.345 e. The van der Waals surface area contributed by atoms with Crippen LogP contribution in [0.5, 0.6) is 0 Å². The first-order chi connectivity index (χ1) is 15.6. The summed E-state index contributed by atoms with van der Waals surface area (Å²) in [5.41, 5.74) is 5.80. The number of nitrogens with zero attached hydrogens (tertiary/aromatic N) is 1. The molecule has 1 N–H and O–H groups in total. The topological polar surface area (TPSA) is 66.5 Å². The minimum absolute atomic E-state index is 0.113. The van der Waals surface area contributed by atoms with Crippen molar-refractivity contribution in [3.8, 4) is 0 Å². The fraction of sp³-hybridized carbons (Fsp3) is 0.296. The van der Waals surface area contributed by atoms with Gasteiger partial charge >= 0.3 is 0 Å². The molecule has 0 bridgehead atoms. The Morgan fingerprint density at radius 2 is 1.42 bits per heavy atom. The first-order valence-corrected chi connectivity index (χ1v) is 13.0. The number of nitrogens with one attached hydrogen (secondary N) is 1. The molecular formula is C27H32N2O3S. The number of aryl methyl sites for hydroxylation is 3. The molecular weight excluding hydrogens is 432 g/mol. The van der Waals surface area contributed by atoms with Crippen LogP contribution in [0, 0.1) is 20.8 Å². The third kappa shape index (κ3) is 6.93. The van der Waals surface area contributed by atoms with Crippen molar-refractivity contribution >= 4 is 21.6 Å². The summed E-state index contributed by atoms with van der Waals surface area (Å²) in [5, 5.41) is 3.13. The Bertz CT molecular complexity index is 1170. The van der Waals surface area contributed by atoms with Gasteiger partial charge in [0.15, 0.2) is 0 Å². The Morgan fingerprint density at radius 1 is 0.848 bits per heavy atom. The lowest BCUT2D eigenvalue weighted by molar-refractivity contribution is -0.121. The standard InChI is InChI=1S/C27H32N2O3S/c1-20-12-14-24(15-13-20)27(23-9-6-5-7-10-23)28-26(30)11-8-16-29(33(4,31)32)25-18-21(2)17-22(3)19-25/h5-7,9-10,12-15,17-19,27H,8,11,16H2,1-4H3,(H,28,30). The van der Waals surface area contributed by atoms with Crippen LogP contribution in [0.4, 0.5) is 5.69 Å². The van der Waals surface area contributed by atoms with E-state index < -0.39 is 10.0 Å². The van der Waals surface area contributed by atoms with Gasteiger partial charge in [-0.3, -0.25) is 9.10 Å². The maximum atomic E-state index is 12.9. The molecule has 0 saturated carbocycles. The van der Waals surface area contributed by atoms with E-state index in [1.54, 1.807) is 0 Å². The predicted octanol–water partition coefficient (Wildman–Crippen LogP) is 5.06. The predicted molar refractivity (Wildman–Crippen MR) is 135 cm³/mol. The van der Waals surface area contributed by atoms with Gasteiger partial charge in [-0.15, -0.1) is 0 Å². The van der Waals surface area contributed by atoms with Gasteiger partial charge < -0.3 is 5.32 Å². The van der Waals surface area contributed by atoms with E-state index >= 15 is 0 Å². The molecule has 0 fully saturated rings. The number of hydrogen-bond donors (Lipinski definition) is 1. The summed E-state index contributed by atoms with van der Waals surface area (Å²) in [6, 6.07) is 23.4. The van der Waals surface area contributed by atoms with Crippen LogP contribution in [-0.4, -0.2) is 27.1 Å². The van der Waals surface area contributed by atoms with Crippen LogP contribution in [-0.2, 0) is 14.8 Å². The SMILES string of the molecule is Cc1ccc(C(NC(=O)CCCN(c2cc(C)cc(C)c2)S(C)(=O)=O)c2ccccc2)cc1. The summed E-state index contributed by atoms with van der Waals surface area (Å²) in [5.74, 6) is -0.113. The second-order valence-electron chi connectivity index (χ2n) is 8.61. The molecule has 0 radical (unpaired) electrons. The first-order valence-electron chi connectivity index (χ1n) is 11.1. The Labute approximate surface area is 197 Å². The average molecular weight is 465 g/mol. The smallest absolute Gasteiger partial charge is 0.232 e. The van der Waals surface area contributed by atoms with Gasteiger partial charge in [-0.05, 0) is 61.6 Å². The van der Waals surface area contributed by atoms with E-state index in [0.717, 1.165) is 27.8 Å². The molecule has 0 saturated heterocycles. The van der Waals surface area contributed by atoms with E-state index in [9.17, 15) is 13.2 Å². The fourth-order valence-electron chi connectivity index (χ4n) is 3.96. The number of benzene rings is 3. The van der Waals surface area contributed by atoms with E-state index in [0.29, 0.717) is 12.1 Å². The summed E-state index contributed by atoms with van der Waals surface area (Å²) >= 11 is 0. The molecule has 1 atom stereocenters. The zero-order valence-electron chi connectivity index (χ0n) is 19.7. The summed E-state index contributed by atoms with van der Waals surface area (Å²) in [6.45, 7) is 6.16. The molecule has 6 heteroatoms. The molecule has 3 aromatic carbocycles. The molecule has 5 nitrogen and oxygen atoms in total. The van der Waals surface area contributed by atoms with Crippen molar-refractivity contribution in [3.05, 3.63) is 101 Å². The number of rotatable bonds is 9. The number of hydrogen-bond acceptors (Lipinski definition) is 3. The van der Waals surface area contributed by atoms with Crippen molar-refractivity contribution in [2.24, 2.45) is 0 Å². The number of carbonyl (C=O) groups is 1. The number of anilines is 1. The maximum Gasteiger partial charge on any atom is 0.232 e. The van der Waals surface area contributed by atoms with Gasteiger partial charge in [0.25, 0.3) is 0 Å². The van der Waals surface area contributed by atoms with Gasteiger partial charge in [-0.2, -0.15) is 0 Å². The van der Waals surface area contributed by atoms with Gasteiger partial charge in [-0.25, -0.2) is 8.42 Å². The first kappa shape index (κ1) is 24.5. The summed E-state index contributed by atoms with van der Waals surface area (Å²) in [4.78, 5) is 12.9. The lowest BCUT2D eigenvalue weighted by atomic mass is 9.97. The van der Waals surface area contributed by atoms with Gasteiger partial charge in [-0.1, -0.05) is 66.2 Å². The molecule has 0 heterocycles. The second-order valence-corrected chi connectivity index (χ2v) is 10.5. The van der Waals surface area contributed by atoms with Crippen LogP contribution in [0.25, 0.3) is 0 Å². The third-order valence-electron chi connectivity index (χ3n) is 5.51. The Kier molecular flexibility index (Phi) is 7.92. The fourth-order valence-corrected chi connectivity index (χ4v) is 4.91. The van der Waals surface area contributed by atoms with Crippen molar-refractivity contribution < 1.29 is 13.2 Å². The van der Waals surface area contributed by atoms with E-state index in [1.807, 2.05) is 93.6 Å². The number of sulfonamides is 1. The Morgan fingerprint density at radius 3 is 2.00 bits per heavy atom. The van der Waals surface area contributed by atoms with Crippen LogP contribution < -0.4 is 9.62 Å². The van der Waals surface area contributed by atoms with Crippen molar-refractivity contribution in [1.29, 1.82) is 0 Å². The lowest BCUT2D eigenvalue weighted by Crippen LogP contribution is -2.33. The molecule has 1 amide bonds. The number of amides is 1. The Balaban J connectivity index is 1.70. The van der Waals surface area contributed by atoms with Crippen molar-refractivity contribution in [2.45, 2.75) is 39.7 Å². The zero-order chi connectivity index (χ0) is 24.0. The molecule has 3 aromatic rings. The highest BCUT2D eigenvalue weighted by molar-refractivity contribution is 7.92. The molecule has 0 aromatic heterocycles. The average Bonchev–Trinajstić information content (AvgIpc) is 2.75. The van der Waals surface area contributed by atoms with Gasteiger partial charge in [0.05, 0.1) is 18.0 Å². The third-order valence-corrected chi connectivity index (χ3v) is 6.70. The highest BCUT2D eigenvalue weighted by atomic mass is 32.2. The zero-order valence-corrected chi connectivity index (χ0v) is 20.5. The van der Waals surface area contributed by atoms with E-state index in [4.69, 9.17) is 0 Å². The van der Waals surface area contributed by atoms with Gasteiger partial charge in [0.2, 0.25) is 15.9 Å². The molecule has 1 unspecified atom stereocenters. The summed E-state index contributed by atoms with van der Waals surface area (Å²) < 4.78 is 26.2. The van der Waals surface area contributed by atoms with Crippen LogP contribution in [0.2, 0.25) is 0 Å². The highest BCUT2D eigenvalue weighted by Crippen LogP contribution is 2.24. The second kappa shape index (κ2) is 10.7. The highest BCUT2D eigenvalue weighted by Gasteiger charge is 2.20. The summed E-state index contributed by atoms with van der Waals surface area (Å²) in [7, 11) is -3.46. The van der Waals surface area contributed by atoms with Crippen LogP contribution in [0.1, 0.15) is 46.7 Å². The Hall–Kier alpha value is -3.12. The lowest BCUT2D eigenvalue weighted by Gasteiger charge is -2.24. The van der Waals surface area contributed by atoms with Gasteiger partial charge in [0.1, 0.15) is 0 Å². The van der Waals surface area contributed by atoms with Crippen LogP contribution >= 0.6 is 0 Å². The molecule has 0 aliphatic heterocycles. The summed E-state index contributed by atoms with van der Waals surface area (Å²) in [6.07, 6.45) is 1.85.